The maximum absolute atomic E-state index is 4.75. The van der Waals surface area contributed by atoms with Gasteiger partial charge in [0.25, 0.3) is 0 Å². The molecule has 0 aromatic heterocycles. The lowest BCUT2D eigenvalue weighted by Crippen LogP contribution is -2.28. The summed E-state index contributed by atoms with van der Waals surface area (Å²) in [7, 11) is 0. The van der Waals surface area contributed by atoms with Crippen LogP contribution in [0.2, 0.25) is 0 Å². The Labute approximate surface area is 311 Å². The molecule has 2 nitrogen and oxygen atoms in total. The third-order valence-corrected chi connectivity index (χ3v) is 10.4. The van der Waals surface area contributed by atoms with E-state index in [1.165, 1.54) is 55.6 Å². The fourth-order valence-corrected chi connectivity index (χ4v) is 8.09. The van der Waals surface area contributed by atoms with Crippen LogP contribution >= 0.6 is 0 Å². The molecule has 0 atom stereocenters. The van der Waals surface area contributed by atoms with Crippen molar-refractivity contribution in [2.75, 3.05) is 5.32 Å². The number of hydrogen-bond acceptors (Lipinski definition) is 2. The summed E-state index contributed by atoms with van der Waals surface area (Å²) >= 11 is 0. The van der Waals surface area contributed by atoms with Gasteiger partial charge in [0.2, 0.25) is 0 Å². The van der Waals surface area contributed by atoms with Gasteiger partial charge in [0.1, 0.15) is 0 Å². The topological polar surface area (TPSA) is 24.4 Å². The van der Waals surface area contributed by atoms with Gasteiger partial charge in [-0.15, -0.1) is 0 Å². The van der Waals surface area contributed by atoms with Crippen LogP contribution in [0.1, 0.15) is 33.4 Å². The van der Waals surface area contributed by atoms with Gasteiger partial charge in [-0.25, -0.2) is 0 Å². The molecule has 0 aliphatic heterocycles. The minimum Gasteiger partial charge on any atom is -0.355 e. The van der Waals surface area contributed by atoms with Crippen LogP contribution in [0.5, 0.6) is 0 Å². The van der Waals surface area contributed by atoms with E-state index in [4.69, 9.17) is 4.99 Å². The fourth-order valence-electron chi connectivity index (χ4n) is 8.09. The lowest BCUT2D eigenvalue weighted by molar-refractivity contribution is 0.768. The van der Waals surface area contributed by atoms with Crippen LogP contribution in [0.15, 0.2) is 211 Å². The molecule has 0 saturated carbocycles. The molecular formula is C51H38N2. The summed E-state index contributed by atoms with van der Waals surface area (Å²) in [6.45, 7) is 0.649. The zero-order valence-corrected chi connectivity index (χ0v) is 29.4. The summed E-state index contributed by atoms with van der Waals surface area (Å²) in [6.07, 6.45) is 1.97. The number of fused-ring (bicyclic) bond motifs is 3. The summed E-state index contributed by atoms with van der Waals surface area (Å²) in [5.74, 6) is 0. The highest BCUT2D eigenvalue weighted by Gasteiger charge is 2.47. The van der Waals surface area contributed by atoms with Crippen LogP contribution in [0.4, 0.5) is 11.4 Å². The Morgan fingerprint density at radius 3 is 1.74 bits per heavy atom. The molecule has 0 heterocycles. The number of anilines is 2. The van der Waals surface area contributed by atoms with Gasteiger partial charge in [-0.1, -0.05) is 188 Å². The van der Waals surface area contributed by atoms with Gasteiger partial charge in [-0.2, -0.15) is 0 Å². The average Bonchev–Trinajstić information content (AvgIpc) is 3.53. The number of aliphatic imine (C=N–C) groups is 1. The van der Waals surface area contributed by atoms with Crippen LogP contribution in [-0.4, -0.2) is 6.21 Å². The second-order valence-corrected chi connectivity index (χ2v) is 13.6. The summed E-state index contributed by atoms with van der Waals surface area (Å²) in [6, 6.07) is 74.2. The van der Waals surface area contributed by atoms with Crippen molar-refractivity contribution in [2.24, 2.45) is 4.99 Å². The lowest BCUT2D eigenvalue weighted by atomic mass is 9.67. The molecule has 8 aromatic carbocycles. The molecule has 0 saturated heterocycles. The fraction of sp³-hybridized carbons (Fsp3) is 0.0392. The molecule has 9 rings (SSSR count). The first-order chi connectivity index (χ1) is 26.3. The molecule has 0 radical (unpaired) electrons. The summed E-state index contributed by atoms with van der Waals surface area (Å²) in [4.78, 5) is 4.75. The predicted octanol–water partition coefficient (Wildman–Crippen LogP) is 12.7. The zero-order valence-electron chi connectivity index (χ0n) is 29.4. The first-order valence-corrected chi connectivity index (χ1v) is 18.2. The molecule has 0 spiro atoms. The van der Waals surface area contributed by atoms with E-state index in [2.05, 4.69) is 206 Å². The molecule has 252 valence electrons. The Hall–Kier alpha value is -6.77. The Bertz CT molecular complexity index is 2480. The SMILES string of the molecule is C(=NCc1ccccc1)c1cccc(Nc2ccc3c(c2-c2ccc(-c4ccccc4)cc2)-c2ccccc2C3(c2ccccc2)c2ccccc2)c1. The van der Waals surface area contributed by atoms with Gasteiger partial charge in [-0.05, 0) is 79.4 Å². The largest absolute Gasteiger partial charge is 0.355 e. The molecule has 1 aliphatic rings. The second-order valence-electron chi connectivity index (χ2n) is 13.6. The van der Waals surface area contributed by atoms with Crippen molar-refractivity contribution in [3.8, 4) is 33.4 Å². The third-order valence-electron chi connectivity index (χ3n) is 10.4. The molecule has 0 fully saturated rings. The van der Waals surface area contributed by atoms with Gasteiger partial charge in [-0.3, -0.25) is 4.99 Å². The highest BCUT2D eigenvalue weighted by molar-refractivity contribution is 6.01. The van der Waals surface area contributed by atoms with E-state index in [1.807, 2.05) is 12.3 Å². The molecule has 1 aliphatic carbocycles. The molecule has 0 amide bonds. The molecule has 0 unspecified atom stereocenters. The van der Waals surface area contributed by atoms with Crippen molar-refractivity contribution in [1.82, 2.24) is 0 Å². The highest BCUT2D eigenvalue weighted by Crippen LogP contribution is 2.59. The zero-order chi connectivity index (χ0) is 35.5. The van der Waals surface area contributed by atoms with Crippen molar-refractivity contribution >= 4 is 17.6 Å². The van der Waals surface area contributed by atoms with E-state index >= 15 is 0 Å². The Morgan fingerprint density at radius 2 is 1.04 bits per heavy atom. The van der Waals surface area contributed by atoms with Crippen molar-refractivity contribution in [2.45, 2.75) is 12.0 Å². The quantitative estimate of drug-likeness (QED) is 0.151. The maximum Gasteiger partial charge on any atom is 0.0713 e. The second kappa shape index (κ2) is 14.1. The van der Waals surface area contributed by atoms with E-state index in [0.717, 1.165) is 22.5 Å². The number of nitrogens with zero attached hydrogens (tertiary/aromatic N) is 1. The number of benzene rings is 8. The van der Waals surface area contributed by atoms with Crippen LogP contribution in [0.25, 0.3) is 33.4 Å². The minimum atomic E-state index is -0.485. The standard InChI is InChI=1S/C51H38N2/c1-5-16-37(17-6-1)35-52-36-38-18-15-25-44(34-38)53-48-33-32-47-50(49(48)41-30-28-40(29-31-41)39-19-7-2-8-20-39)45-26-13-14-27-46(45)51(47,42-21-9-3-10-22-42)43-23-11-4-12-24-43/h1-34,36,53H,35H2. The van der Waals surface area contributed by atoms with E-state index in [1.54, 1.807) is 0 Å². The van der Waals surface area contributed by atoms with Crippen LogP contribution in [0, 0.1) is 0 Å². The summed E-state index contributed by atoms with van der Waals surface area (Å²) < 4.78 is 0. The predicted molar refractivity (Wildman–Crippen MR) is 222 cm³/mol. The molecule has 1 N–H and O–H groups in total. The van der Waals surface area contributed by atoms with Crippen LogP contribution in [0.3, 0.4) is 0 Å². The van der Waals surface area contributed by atoms with E-state index in [-0.39, 0.29) is 0 Å². The number of nitrogens with one attached hydrogen (secondary N) is 1. The minimum absolute atomic E-state index is 0.485. The molecule has 53 heavy (non-hydrogen) atoms. The Balaban J connectivity index is 1.23. The summed E-state index contributed by atoms with van der Waals surface area (Å²) in [5.41, 5.74) is 16.2. The highest BCUT2D eigenvalue weighted by atomic mass is 14.9. The number of hydrogen-bond donors (Lipinski definition) is 1. The third kappa shape index (κ3) is 5.95. The van der Waals surface area contributed by atoms with Gasteiger partial charge < -0.3 is 5.32 Å². The van der Waals surface area contributed by atoms with Crippen LogP contribution < -0.4 is 5.32 Å². The van der Waals surface area contributed by atoms with Gasteiger partial charge >= 0.3 is 0 Å². The Morgan fingerprint density at radius 1 is 0.453 bits per heavy atom. The van der Waals surface area contributed by atoms with Crippen molar-refractivity contribution in [3.05, 3.63) is 240 Å². The monoisotopic (exact) mass is 678 g/mol. The normalized spacial score (nSPS) is 12.7. The molecule has 8 aromatic rings. The van der Waals surface area contributed by atoms with Gasteiger partial charge in [0, 0.05) is 23.2 Å². The first-order valence-electron chi connectivity index (χ1n) is 18.2. The molecule has 2 heteroatoms. The molecular weight excluding hydrogens is 641 g/mol. The van der Waals surface area contributed by atoms with Gasteiger partial charge in [0.05, 0.1) is 12.0 Å². The summed E-state index contributed by atoms with van der Waals surface area (Å²) in [5, 5.41) is 3.87. The van der Waals surface area contributed by atoms with Crippen LogP contribution in [-0.2, 0) is 12.0 Å². The Kier molecular flexibility index (Phi) is 8.55. The molecule has 0 bridgehead atoms. The van der Waals surface area contributed by atoms with Crippen molar-refractivity contribution in [3.63, 3.8) is 0 Å². The number of rotatable bonds is 9. The smallest absolute Gasteiger partial charge is 0.0713 e. The lowest BCUT2D eigenvalue weighted by Gasteiger charge is -2.34. The van der Waals surface area contributed by atoms with E-state index < -0.39 is 5.41 Å². The van der Waals surface area contributed by atoms with Crippen molar-refractivity contribution in [1.29, 1.82) is 0 Å². The van der Waals surface area contributed by atoms with E-state index in [0.29, 0.717) is 6.54 Å². The maximum atomic E-state index is 4.75. The average molecular weight is 679 g/mol. The first kappa shape index (κ1) is 32.2. The van der Waals surface area contributed by atoms with E-state index in [9.17, 15) is 0 Å². The van der Waals surface area contributed by atoms with Gasteiger partial charge in [0.15, 0.2) is 0 Å². The van der Waals surface area contributed by atoms with Crippen molar-refractivity contribution < 1.29 is 0 Å².